The van der Waals surface area contributed by atoms with Gasteiger partial charge in [-0.3, -0.25) is 4.90 Å². The van der Waals surface area contributed by atoms with E-state index < -0.39 is 0 Å². The van der Waals surface area contributed by atoms with Crippen LogP contribution in [-0.2, 0) is 4.74 Å². The minimum atomic E-state index is -0.190. The van der Waals surface area contributed by atoms with Crippen LogP contribution in [0.3, 0.4) is 0 Å². The first-order chi connectivity index (χ1) is 8.66. The van der Waals surface area contributed by atoms with Crippen LogP contribution in [-0.4, -0.2) is 52.9 Å². The Bertz CT molecular complexity index is 319. The van der Waals surface area contributed by atoms with Crippen LogP contribution in [0.2, 0.25) is 0 Å². The number of morpholine rings is 1. The molecular weight excluding hydrogens is 260 g/mol. The van der Waals surface area contributed by atoms with E-state index in [4.69, 9.17) is 22.7 Å². The predicted octanol–water partition coefficient (Wildman–Crippen LogP) is 1.55. The molecule has 0 aromatic carbocycles. The van der Waals surface area contributed by atoms with Crippen molar-refractivity contribution in [2.45, 2.75) is 52.2 Å². The minimum Gasteiger partial charge on any atom is -0.394 e. The molecule has 1 saturated heterocycles. The van der Waals surface area contributed by atoms with E-state index in [1.165, 1.54) is 0 Å². The first-order valence-electron chi connectivity index (χ1n) is 6.97. The molecule has 5 heteroatoms. The molecule has 1 rings (SSSR count). The predicted molar refractivity (Wildman–Crippen MR) is 82.3 cm³/mol. The van der Waals surface area contributed by atoms with Crippen molar-refractivity contribution in [3.05, 3.63) is 0 Å². The average molecular weight is 288 g/mol. The minimum absolute atomic E-state index is 0.0759. The molecule has 1 fully saturated rings. The Labute approximate surface area is 122 Å². The van der Waals surface area contributed by atoms with Crippen molar-refractivity contribution < 1.29 is 9.84 Å². The third kappa shape index (κ3) is 5.34. The standard InChI is InChI=1S/C14H28N2O2S/c1-13(2,12(15)19)6-5-7-16-8-11(9-17)18-14(3,4)10-16/h11,17H,5-10H2,1-4H3,(H2,15,19). The summed E-state index contributed by atoms with van der Waals surface area (Å²) in [6.07, 6.45) is 1.97. The highest BCUT2D eigenvalue weighted by molar-refractivity contribution is 7.80. The quantitative estimate of drug-likeness (QED) is 0.726. The van der Waals surface area contributed by atoms with Crippen LogP contribution >= 0.6 is 12.2 Å². The Kier molecular flexibility index (Phi) is 5.74. The molecule has 0 bridgehead atoms. The summed E-state index contributed by atoms with van der Waals surface area (Å²) < 4.78 is 5.81. The van der Waals surface area contributed by atoms with Crippen molar-refractivity contribution in [2.75, 3.05) is 26.2 Å². The first-order valence-corrected chi connectivity index (χ1v) is 7.38. The molecule has 0 spiro atoms. The fraction of sp³-hybridized carbons (Fsp3) is 0.929. The number of rotatable bonds is 6. The Morgan fingerprint density at radius 1 is 1.53 bits per heavy atom. The monoisotopic (exact) mass is 288 g/mol. The second-order valence-corrected chi connectivity index (χ2v) is 7.21. The number of ether oxygens (including phenoxy) is 1. The fourth-order valence-corrected chi connectivity index (χ4v) is 2.65. The lowest BCUT2D eigenvalue weighted by Crippen LogP contribution is -2.54. The van der Waals surface area contributed by atoms with Crippen molar-refractivity contribution in [3.8, 4) is 0 Å². The van der Waals surface area contributed by atoms with E-state index in [0.29, 0.717) is 4.99 Å². The molecule has 0 radical (unpaired) electrons. The summed E-state index contributed by atoms with van der Waals surface area (Å²) in [7, 11) is 0. The smallest absolute Gasteiger partial charge is 0.0940 e. The lowest BCUT2D eigenvalue weighted by Gasteiger charge is -2.42. The molecule has 4 nitrogen and oxygen atoms in total. The molecule has 1 unspecified atom stereocenters. The summed E-state index contributed by atoms with van der Waals surface area (Å²) in [6.45, 7) is 11.1. The van der Waals surface area contributed by atoms with Gasteiger partial charge in [-0.1, -0.05) is 26.1 Å². The van der Waals surface area contributed by atoms with Gasteiger partial charge in [0.1, 0.15) is 0 Å². The molecule has 0 saturated carbocycles. The van der Waals surface area contributed by atoms with Gasteiger partial charge < -0.3 is 15.6 Å². The van der Waals surface area contributed by atoms with Crippen molar-refractivity contribution >= 4 is 17.2 Å². The molecule has 0 amide bonds. The Morgan fingerprint density at radius 3 is 2.68 bits per heavy atom. The Hall–Kier alpha value is -0.230. The van der Waals surface area contributed by atoms with Gasteiger partial charge >= 0.3 is 0 Å². The highest BCUT2D eigenvalue weighted by atomic mass is 32.1. The van der Waals surface area contributed by atoms with Crippen LogP contribution in [0.4, 0.5) is 0 Å². The summed E-state index contributed by atoms with van der Waals surface area (Å²) in [5.74, 6) is 0. The molecule has 0 aromatic heterocycles. The van der Waals surface area contributed by atoms with Crippen molar-refractivity contribution in [3.63, 3.8) is 0 Å². The number of hydrogen-bond donors (Lipinski definition) is 2. The molecule has 1 atom stereocenters. The normalized spacial score (nSPS) is 24.4. The van der Waals surface area contributed by atoms with Crippen molar-refractivity contribution in [1.82, 2.24) is 4.90 Å². The SMILES string of the molecule is CC1(C)CN(CCCC(C)(C)C(N)=S)CC(CO)O1. The topological polar surface area (TPSA) is 58.7 Å². The van der Waals surface area contributed by atoms with Crippen molar-refractivity contribution in [2.24, 2.45) is 11.1 Å². The van der Waals surface area contributed by atoms with Crippen LogP contribution in [0.15, 0.2) is 0 Å². The molecule has 3 N–H and O–H groups in total. The van der Waals surface area contributed by atoms with Gasteiger partial charge in [0.25, 0.3) is 0 Å². The second kappa shape index (κ2) is 6.48. The van der Waals surface area contributed by atoms with E-state index in [1.807, 2.05) is 0 Å². The Balaban J connectivity index is 2.42. The number of aliphatic hydroxyl groups is 1. The maximum Gasteiger partial charge on any atom is 0.0940 e. The van der Waals surface area contributed by atoms with Crippen LogP contribution in [0, 0.1) is 5.41 Å². The van der Waals surface area contributed by atoms with Crippen LogP contribution < -0.4 is 5.73 Å². The van der Waals surface area contributed by atoms with Gasteiger partial charge in [-0.25, -0.2) is 0 Å². The number of thiocarbonyl (C=S) groups is 1. The van der Waals surface area contributed by atoms with Gasteiger partial charge in [-0.05, 0) is 33.2 Å². The summed E-state index contributed by atoms with van der Waals surface area (Å²) in [4.78, 5) is 2.95. The molecule has 1 aliphatic heterocycles. The number of nitrogens with zero attached hydrogens (tertiary/aromatic N) is 1. The molecule has 0 aliphatic carbocycles. The molecule has 112 valence electrons. The van der Waals surface area contributed by atoms with Gasteiger partial charge in [0.2, 0.25) is 0 Å². The van der Waals surface area contributed by atoms with Gasteiger partial charge in [0.05, 0.1) is 23.3 Å². The van der Waals surface area contributed by atoms with E-state index in [2.05, 4.69) is 32.6 Å². The second-order valence-electron chi connectivity index (χ2n) is 6.77. The lowest BCUT2D eigenvalue weighted by atomic mass is 9.87. The van der Waals surface area contributed by atoms with Crippen LogP contribution in [0.5, 0.6) is 0 Å². The molecule has 19 heavy (non-hydrogen) atoms. The lowest BCUT2D eigenvalue weighted by molar-refractivity contribution is -0.149. The van der Waals surface area contributed by atoms with Gasteiger partial charge in [0.15, 0.2) is 0 Å². The number of aliphatic hydroxyl groups excluding tert-OH is 1. The van der Waals surface area contributed by atoms with E-state index in [9.17, 15) is 5.11 Å². The molecule has 1 aliphatic rings. The summed E-state index contributed by atoms with van der Waals surface area (Å²) in [5, 5.41) is 9.28. The number of nitrogens with two attached hydrogens (primary N) is 1. The molecular formula is C14H28N2O2S. The van der Waals surface area contributed by atoms with Crippen LogP contribution in [0.25, 0.3) is 0 Å². The van der Waals surface area contributed by atoms with E-state index >= 15 is 0 Å². The largest absolute Gasteiger partial charge is 0.394 e. The summed E-state index contributed by atoms with van der Waals surface area (Å²) in [6, 6.07) is 0. The van der Waals surface area contributed by atoms with Gasteiger partial charge in [0, 0.05) is 18.5 Å². The zero-order valence-electron chi connectivity index (χ0n) is 12.6. The molecule has 1 heterocycles. The fourth-order valence-electron chi connectivity index (χ4n) is 2.55. The summed E-state index contributed by atoms with van der Waals surface area (Å²) >= 11 is 5.09. The first kappa shape index (κ1) is 16.8. The van der Waals surface area contributed by atoms with Gasteiger partial charge in [-0.2, -0.15) is 0 Å². The number of hydrogen-bond acceptors (Lipinski definition) is 4. The third-order valence-corrected chi connectivity index (χ3v) is 4.25. The zero-order valence-corrected chi connectivity index (χ0v) is 13.4. The van der Waals surface area contributed by atoms with Crippen molar-refractivity contribution in [1.29, 1.82) is 0 Å². The average Bonchev–Trinajstić information content (AvgIpc) is 2.26. The maximum absolute atomic E-state index is 9.28. The van der Waals surface area contributed by atoms with E-state index in [1.54, 1.807) is 0 Å². The third-order valence-electron chi connectivity index (χ3n) is 3.70. The summed E-state index contributed by atoms with van der Waals surface area (Å²) in [5.41, 5.74) is 5.47. The highest BCUT2D eigenvalue weighted by Crippen LogP contribution is 2.25. The van der Waals surface area contributed by atoms with E-state index in [-0.39, 0.29) is 23.7 Å². The van der Waals surface area contributed by atoms with E-state index in [0.717, 1.165) is 32.5 Å². The highest BCUT2D eigenvalue weighted by Gasteiger charge is 2.33. The molecule has 0 aromatic rings. The Morgan fingerprint density at radius 2 is 2.16 bits per heavy atom. The van der Waals surface area contributed by atoms with Gasteiger partial charge in [-0.15, -0.1) is 0 Å². The van der Waals surface area contributed by atoms with Crippen LogP contribution in [0.1, 0.15) is 40.5 Å². The maximum atomic E-state index is 9.28. The zero-order chi connectivity index (χ0) is 14.7.